The summed E-state index contributed by atoms with van der Waals surface area (Å²) in [5, 5.41) is 0. The van der Waals surface area contributed by atoms with Gasteiger partial charge < -0.3 is 4.74 Å². The van der Waals surface area contributed by atoms with E-state index in [1.54, 1.807) is 23.2 Å². The lowest BCUT2D eigenvalue weighted by molar-refractivity contribution is -0.117. The first kappa shape index (κ1) is 18.6. The Bertz CT molecular complexity index is 780. The zero-order chi connectivity index (χ0) is 18.7. The topological polar surface area (TPSA) is 42.4 Å². The molecule has 0 fully saturated rings. The number of ether oxygens (including phenoxy) is 1. The second kappa shape index (κ2) is 8.04. The number of fused-ring (bicyclic) bond motifs is 1. The molecule has 1 aromatic heterocycles. The number of rotatable bonds is 5. The monoisotopic (exact) mass is 376 g/mol. The fraction of sp³-hybridized carbons (Fsp3) is 0.400. The van der Waals surface area contributed by atoms with Crippen LogP contribution in [0.4, 0.5) is 10.1 Å². The maximum atomic E-state index is 13.1. The smallest absolute Gasteiger partial charge is 0.242 e. The van der Waals surface area contributed by atoms with Crippen molar-refractivity contribution in [1.29, 1.82) is 0 Å². The summed E-state index contributed by atoms with van der Waals surface area (Å²) in [4.78, 5) is 18.6. The third-order valence-electron chi connectivity index (χ3n) is 4.37. The highest BCUT2D eigenvalue weighted by molar-refractivity contribution is 6.29. The van der Waals surface area contributed by atoms with Gasteiger partial charge in [-0.3, -0.25) is 9.69 Å². The van der Waals surface area contributed by atoms with Crippen LogP contribution >= 0.6 is 11.6 Å². The lowest BCUT2D eigenvalue weighted by Crippen LogP contribution is -2.48. The Balaban J connectivity index is 1.91. The molecule has 1 amide bonds. The third-order valence-corrected chi connectivity index (χ3v) is 4.60. The van der Waals surface area contributed by atoms with Crippen molar-refractivity contribution < 1.29 is 13.9 Å². The summed E-state index contributed by atoms with van der Waals surface area (Å²) in [5.41, 5.74) is 2.56. The number of carbonyl (C=O) groups is 1. The Hall–Kier alpha value is -2.14. The van der Waals surface area contributed by atoms with Gasteiger partial charge in [0.25, 0.3) is 0 Å². The molecule has 1 aliphatic heterocycles. The minimum absolute atomic E-state index is 0.0587. The molecule has 0 radical (unpaired) electrons. The summed E-state index contributed by atoms with van der Waals surface area (Å²) in [6.07, 6.45) is 3.15. The van der Waals surface area contributed by atoms with E-state index in [9.17, 15) is 9.18 Å². The Labute approximate surface area is 157 Å². The van der Waals surface area contributed by atoms with Gasteiger partial charge in [0.05, 0.1) is 6.04 Å². The van der Waals surface area contributed by atoms with Gasteiger partial charge in [0.2, 0.25) is 11.8 Å². The number of pyridine rings is 1. The molecule has 1 unspecified atom stereocenters. The number of hydrogen-bond donors (Lipinski definition) is 0. The predicted molar refractivity (Wildman–Crippen MR) is 100 cm³/mol. The molecule has 0 bridgehead atoms. The van der Waals surface area contributed by atoms with Crippen LogP contribution in [0.15, 0.2) is 36.5 Å². The molecule has 138 valence electrons. The Kier molecular flexibility index (Phi) is 5.77. The van der Waals surface area contributed by atoms with E-state index in [0.717, 1.165) is 17.5 Å². The van der Waals surface area contributed by atoms with E-state index in [2.05, 4.69) is 18.8 Å². The summed E-state index contributed by atoms with van der Waals surface area (Å²) < 4.78 is 18.9. The second-order valence-electron chi connectivity index (χ2n) is 6.96. The zero-order valence-electron chi connectivity index (χ0n) is 14.9. The Morgan fingerprint density at radius 2 is 2.08 bits per heavy atom. The van der Waals surface area contributed by atoms with Gasteiger partial charge in [0.15, 0.2) is 0 Å². The van der Waals surface area contributed by atoms with Crippen molar-refractivity contribution in [3.05, 3.63) is 53.5 Å². The number of amides is 1. The third kappa shape index (κ3) is 4.15. The second-order valence-corrected chi connectivity index (χ2v) is 7.23. The number of hydrogen-bond acceptors (Lipinski definition) is 3. The molecular formula is C20H22ClFN2O2. The standard InChI is InChI=1S/C20H22ClFN2O2/c1-13(2)7-17-12-26-20-18(24(17)19(25)10-21)9-15(11-23-20)8-14-3-5-16(22)6-4-14/h3-6,9,11,13,17H,7-8,10,12H2,1-2H3. The van der Waals surface area contributed by atoms with Gasteiger partial charge >= 0.3 is 0 Å². The van der Waals surface area contributed by atoms with E-state index in [0.29, 0.717) is 30.5 Å². The van der Waals surface area contributed by atoms with Crippen molar-refractivity contribution >= 4 is 23.2 Å². The fourth-order valence-corrected chi connectivity index (χ4v) is 3.40. The molecule has 2 heterocycles. The summed E-state index contributed by atoms with van der Waals surface area (Å²) in [6, 6.07) is 8.22. The molecule has 26 heavy (non-hydrogen) atoms. The van der Waals surface area contributed by atoms with Crippen molar-refractivity contribution in [2.45, 2.75) is 32.7 Å². The maximum absolute atomic E-state index is 13.1. The van der Waals surface area contributed by atoms with E-state index in [4.69, 9.17) is 16.3 Å². The number of halogens is 2. The summed E-state index contributed by atoms with van der Waals surface area (Å²) >= 11 is 5.85. The van der Waals surface area contributed by atoms with E-state index >= 15 is 0 Å². The van der Waals surface area contributed by atoms with E-state index in [1.165, 1.54) is 12.1 Å². The molecule has 2 aromatic rings. The number of carbonyl (C=O) groups excluding carboxylic acids is 1. The van der Waals surface area contributed by atoms with Gasteiger partial charge in [-0.1, -0.05) is 26.0 Å². The van der Waals surface area contributed by atoms with Crippen molar-refractivity contribution in [2.24, 2.45) is 5.92 Å². The van der Waals surface area contributed by atoms with Crippen molar-refractivity contribution in [3.8, 4) is 5.88 Å². The molecule has 3 rings (SSSR count). The molecule has 0 spiro atoms. The molecule has 0 saturated carbocycles. The van der Waals surface area contributed by atoms with Crippen LogP contribution in [0.2, 0.25) is 0 Å². The van der Waals surface area contributed by atoms with Crippen LogP contribution < -0.4 is 9.64 Å². The molecule has 6 heteroatoms. The molecule has 1 atom stereocenters. The molecule has 1 aromatic carbocycles. The lowest BCUT2D eigenvalue weighted by atomic mass is 10.0. The van der Waals surface area contributed by atoms with E-state index < -0.39 is 0 Å². The highest BCUT2D eigenvalue weighted by Gasteiger charge is 2.33. The van der Waals surface area contributed by atoms with Crippen molar-refractivity contribution in [1.82, 2.24) is 4.98 Å². The van der Waals surface area contributed by atoms with Crippen LogP contribution in [-0.4, -0.2) is 29.4 Å². The number of benzene rings is 1. The summed E-state index contributed by atoms with van der Waals surface area (Å²) in [6.45, 7) is 4.64. The van der Waals surface area contributed by atoms with Gasteiger partial charge in [-0.2, -0.15) is 0 Å². The van der Waals surface area contributed by atoms with E-state index in [1.807, 2.05) is 6.07 Å². The number of anilines is 1. The normalized spacial score (nSPS) is 16.3. The van der Waals surface area contributed by atoms with Crippen LogP contribution in [0.5, 0.6) is 5.88 Å². The van der Waals surface area contributed by atoms with Gasteiger partial charge in [0, 0.05) is 6.20 Å². The highest BCUT2D eigenvalue weighted by Crippen LogP contribution is 2.35. The number of alkyl halides is 1. The van der Waals surface area contributed by atoms with Crippen LogP contribution in [-0.2, 0) is 11.2 Å². The number of nitrogens with zero attached hydrogens (tertiary/aromatic N) is 2. The highest BCUT2D eigenvalue weighted by atomic mass is 35.5. The van der Waals surface area contributed by atoms with Gasteiger partial charge in [-0.15, -0.1) is 11.6 Å². The lowest BCUT2D eigenvalue weighted by Gasteiger charge is -2.37. The first-order chi connectivity index (χ1) is 12.5. The largest absolute Gasteiger partial charge is 0.474 e. The van der Waals surface area contributed by atoms with E-state index in [-0.39, 0.29) is 23.6 Å². The van der Waals surface area contributed by atoms with Crippen LogP contribution in [0, 0.1) is 11.7 Å². The molecule has 0 aliphatic carbocycles. The minimum Gasteiger partial charge on any atom is -0.474 e. The summed E-state index contributed by atoms with van der Waals surface area (Å²) in [5.74, 6) is 0.372. The molecular weight excluding hydrogens is 355 g/mol. The Morgan fingerprint density at radius 3 is 2.73 bits per heavy atom. The SMILES string of the molecule is CC(C)CC1COc2ncc(Cc3ccc(F)cc3)cc2N1C(=O)CCl. The van der Waals surface area contributed by atoms with Crippen molar-refractivity contribution in [3.63, 3.8) is 0 Å². The molecule has 0 N–H and O–H groups in total. The summed E-state index contributed by atoms with van der Waals surface area (Å²) in [7, 11) is 0. The fourth-order valence-electron chi connectivity index (χ4n) is 3.27. The zero-order valence-corrected chi connectivity index (χ0v) is 15.7. The van der Waals surface area contributed by atoms with Gasteiger partial charge in [0.1, 0.15) is 24.0 Å². The first-order valence-corrected chi connectivity index (χ1v) is 9.25. The first-order valence-electron chi connectivity index (χ1n) is 8.72. The van der Waals surface area contributed by atoms with Gasteiger partial charge in [-0.05, 0) is 48.1 Å². The molecule has 1 aliphatic rings. The number of aromatic nitrogens is 1. The quantitative estimate of drug-likeness (QED) is 0.735. The van der Waals surface area contributed by atoms with Crippen LogP contribution in [0.1, 0.15) is 31.4 Å². The van der Waals surface area contributed by atoms with Gasteiger partial charge in [-0.25, -0.2) is 9.37 Å². The molecule has 4 nitrogen and oxygen atoms in total. The van der Waals surface area contributed by atoms with Crippen LogP contribution in [0.25, 0.3) is 0 Å². The predicted octanol–water partition coefficient (Wildman–Crippen LogP) is 4.19. The average molecular weight is 377 g/mol. The average Bonchev–Trinajstić information content (AvgIpc) is 2.62. The maximum Gasteiger partial charge on any atom is 0.242 e. The Morgan fingerprint density at radius 1 is 1.35 bits per heavy atom. The van der Waals surface area contributed by atoms with Crippen molar-refractivity contribution in [2.75, 3.05) is 17.4 Å². The van der Waals surface area contributed by atoms with Crippen LogP contribution in [0.3, 0.4) is 0 Å². The minimum atomic E-state index is -0.263. The molecule has 0 saturated heterocycles.